The Labute approximate surface area is 97.9 Å². The van der Waals surface area contributed by atoms with Crippen LogP contribution in [-0.2, 0) is 0 Å². The van der Waals surface area contributed by atoms with Gasteiger partial charge < -0.3 is 0 Å². The lowest BCUT2D eigenvalue weighted by molar-refractivity contribution is 1.59. The number of rotatable bonds is 1. The van der Waals surface area contributed by atoms with Crippen molar-refractivity contribution in [2.75, 3.05) is 0 Å². The van der Waals surface area contributed by atoms with Crippen LogP contribution in [0.25, 0.3) is 10.4 Å². The maximum absolute atomic E-state index is 3.48. The van der Waals surface area contributed by atoms with Crippen molar-refractivity contribution in [2.24, 2.45) is 0 Å². The number of thiophene rings is 1. The molecule has 13 heavy (non-hydrogen) atoms. The van der Waals surface area contributed by atoms with Gasteiger partial charge in [0.1, 0.15) is 0 Å². The van der Waals surface area contributed by atoms with Crippen molar-refractivity contribution < 1.29 is 0 Å². The summed E-state index contributed by atoms with van der Waals surface area (Å²) in [6.45, 7) is 0. The lowest BCUT2D eigenvalue weighted by Crippen LogP contribution is -1.73. The summed E-state index contributed by atoms with van der Waals surface area (Å²) >= 11 is 8.62. The van der Waals surface area contributed by atoms with E-state index in [1.54, 1.807) is 11.3 Å². The molecule has 0 aliphatic carbocycles. The van der Waals surface area contributed by atoms with E-state index in [0.717, 1.165) is 8.95 Å². The first-order valence-corrected chi connectivity index (χ1v) is 6.14. The molecule has 0 nitrogen and oxygen atoms in total. The van der Waals surface area contributed by atoms with Crippen LogP contribution in [0.5, 0.6) is 0 Å². The molecule has 0 aliphatic heterocycles. The third-order valence-electron chi connectivity index (χ3n) is 1.67. The average Bonchev–Trinajstić information content (AvgIpc) is 2.62. The van der Waals surface area contributed by atoms with E-state index >= 15 is 0 Å². The van der Waals surface area contributed by atoms with Crippen molar-refractivity contribution in [1.29, 1.82) is 0 Å². The Bertz CT molecular complexity index is 407. The van der Waals surface area contributed by atoms with E-state index < -0.39 is 0 Å². The molecule has 2 rings (SSSR count). The maximum Gasteiger partial charge on any atom is 0.0349 e. The SMILES string of the molecule is Brc1ccc(-c2c[c]cs2)cc1Br. The summed E-state index contributed by atoms with van der Waals surface area (Å²) in [7, 11) is 0. The average molecular weight is 317 g/mol. The summed E-state index contributed by atoms with van der Waals surface area (Å²) in [4.78, 5) is 1.24. The minimum atomic E-state index is 1.08. The lowest BCUT2D eigenvalue weighted by Gasteiger charge is -1.99. The molecule has 0 saturated heterocycles. The molecule has 2 aromatic rings. The van der Waals surface area contributed by atoms with Gasteiger partial charge >= 0.3 is 0 Å². The van der Waals surface area contributed by atoms with E-state index in [1.807, 2.05) is 17.5 Å². The molecule has 1 aromatic carbocycles. The molecule has 0 saturated carbocycles. The molecular weight excluding hydrogens is 312 g/mol. The fourth-order valence-corrected chi connectivity index (χ4v) is 2.33. The molecule has 0 fully saturated rings. The largest absolute Gasteiger partial charge is 0.143 e. The van der Waals surface area contributed by atoms with Crippen molar-refractivity contribution in [3.63, 3.8) is 0 Å². The molecule has 0 amide bonds. The van der Waals surface area contributed by atoms with Crippen LogP contribution in [0.2, 0.25) is 0 Å². The Morgan fingerprint density at radius 3 is 2.62 bits per heavy atom. The summed E-state index contributed by atoms with van der Waals surface area (Å²) < 4.78 is 2.16. The monoisotopic (exact) mass is 315 g/mol. The number of hydrogen-bond donors (Lipinski definition) is 0. The number of halogens is 2. The zero-order chi connectivity index (χ0) is 9.26. The van der Waals surface area contributed by atoms with Gasteiger partial charge in [0, 0.05) is 13.8 Å². The van der Waals surface area contributed by atoms with Crippen LogP contribution in [0.3, 0.4) is 0 Å². The first-order chi connectivity index (χ1) is 6.27. The second-order valence-electron chi connectivity index (χ2n) is 2.54. The zero-order valence-corrected chi connectivity index (χ0v) is 10.5. The summed E-state index contributed by atoms with van der Waals surface area (Å²) in [6.07, 6.45) is 0. The first-order valence-electron chi connectivity index (χ1n) is 3.67. The van der Waals surface area contributed by atoms with Crippen molar-refractivity contribution in [3.05, 3.63) is 44.7 Å². The second-order valence-corrected chi connectivity index (χ2v) is 5.16. The quantitative estimate of drug-likeness (QED) is 0.713. The van der Waals surface area contributed by atoms with E-state index in [1.165, 1.54) is 10.4 Å². The Hall–Kier alpha value is -0.120. The molecule has 0 spiro atoms. The minimum absolute atomic E-state index is 1.08. The highest BCUT2D eigenvalue weighted by atomic mass is 79.9. The van der Waals surface area contributed by atoms with Crippen LogP contribution in [0.15, 0.2) is 38.6 Å². The third-order valence-corrected chi connectivity index (χ3v) is 4.41. The van der Waals surface area contributed by atoms with Gasteiger partial charge in [-0.1, -0.05) is 6.07 Å². The van der Waals surface area contributed by atoms with Crippen molar-refractivity contribution in [1.82, 2.24) is 0 Å². The van der Waals surface area contributed by atoms with Crippen LogP contribution in [0.1, 0.15) is 0 Å². The minimum Gasteiger partial charge on any atom is -0.143 e. The molecule has 1 aromatic heterocycles. The molecule has 0 unspecified atom stereocenters. The first kappa shape index (κ1) is 9.44. The van der Waals surface area contributed by atoms with Crippen LogP contribution in [0, 0.1) is 6.07 Å². The smallest absolute Gasteiger partial charge is 0.0349 e. The van der Waals surface area contributed by atoms with Gasteiger partial charge in [0.05, 0.1) is 0 Å². The standard InChI is InChI=1S/C10H5Br2S/c11-8-4-3-7(6-9(8)12)10-2-1-5-13-10/h2-6H. The van der Waals surface area contributed by atoms with Crippen LogP contribution in [-0.4, -0.2) is 0 Å². The number of benzene rings is 1. The van der Waals surface area contributed by atoms with E-state index in [2.05, 4.69) is 50.1 Å². The third kappa shape index (κ3) is 2.03. The molecule has 1 heterocycles. The van der Waals surface area contributed by atoms with Gasteiger partial charge in [-0.15, -0.1) is 11.3 Å². The van der Waals surface area contributed by atoms with Crippen LogP contribution < -0.4 is 0 Å². The van der Waals surface area contributed by atoms with Gasteiger partial charge in [-0.05, 0) is 67.1 Å². The molecule has 65 valence electrons. The Balaban J connectivity index is 2.49. The predicted octanol–water partition coefficient (Wildman–Crippen LogP) is 4.74. The summed E-state index contributed by atoms with van der Waals surface area (Å²) in [5.74, 6) is 0. The normalized spacial score (nSPS) is 10.3. The Morgan fingerprint density at radius 1 is 1.15 bits per heavy atom. The summed E-state index contributed by atoms with van der Waals surface area (Å²) in [6, 6.07) is 11.3. The van der Waals surface area contributed by atoms with E-state index in [-0.39, 0.29) is 0 Å². The summed E-state index contributed by atoms with van der Waals surface area (Å²) in [5.41, 5.74) is 1.22. The van der Waals surface area contributed by atoms with Crippen molar-refractivity contribution in [2.45, 2.75) is 0 Å². The molecule has 0 N–H and O–H groups in total. The predicted molar refractivity (Wildman–Crippen MR) is 64.0 cm³/mol. The van der Waals surface area contributed by atoms with Gasteiger partial charge in [0.25, 0.3) is 0 Å². The zero-order valence-electron chi connectivity index (χ0n) is 6.55. The van der Waals surface area contributed by atoms with Crippen molar-refractivity contribution in [3.8, 4) is 10.4 Å². The van der Waals surface area contributed by atoms with Crippen molar-refractivity contribution >= 4 is 43.2 Å². The van der Waals surface area contributed by atoms with Crippen LogP contribution in [0.4, 0.5) is 0 Å². The maximum atomic E-state index is 3.48. The van der Waals surface area contributed by atoms with Gasteiger partial charge in [0.15, 0.2) is 0 Å². The van der Waals surface area contributed by atoms with Gasteiger partial charge in [0.2, 0.25) is 0 Å². The topological polar surface area (TPSA) is 0 Å². The van der Waals surface area contributed by atoms with Gasteiger partial charge in [-0.2, -0.15) is 0 Å². The molecular formula is C10H5Br2S. The molecule has 0 bridgehead atoms. The molecule has 3 heteroatoms. The Morgan fingerprint density at radius 2 is 2.00 bits per heavy atom. The van der Waals surface area contributed by atoms with E-state index in [0.29, 0.717) is 0 Å². The van der Waals surface area contributed by atoms with Gasteiger partial charge in [-0.25, -0.2) is 0 Å². The van der Waals surface area contributed by atoms with Gasteiger partial charge in [-0.3, -0.25) is 0 Å². The second kappa shape index (κ2) is 3.95. The number of hydrogen-bond acceptors (Lipinski definition) is 1. The molecule has 0 atom stereocenters. The molecule has 1 radical (unpaired) electrons. The van der Waals surface area contributed by atoms with Crippen LogP contribution >= 0.6 is 43.2 Å². The van der Waals surface area contributed by atoms with E-state index in [4.69, 9.17) is 0 Å². The lowest BCUT2D eigenvalue weighted by atomic mass is 10.2. The fourth-order valence-electron chi connectivity index (χ4n) is 1.04. The fraction of sp³-hybridized carbons (Fsp3) is 0. The highest BCUT2D eigenvalue weighted by Gasteiger charge is 2.01. The van der Waals surface area contributed by atoms with E-state index in [9.17, 15) is 0 Å². The molecule has 0 aliphatic rings. The summed E-state index contributed by atoms with van der Waals surface area (Å²) in [5, 5.41) is 1.96. The highest BCUT2D eigenvalue weighted by molar-refractivity contribution is 9.13. The highest BCUT2D eigenvalue weighted by Crippen LogP contribution is 2.30. The Kier molecular flexibility index (Phi) is 2.86.